The second-order valence-corrected chi connectivity index (χ2v) is 4.01. The van der Waals surface area contributed by atoms with E-state index in [9.17, 15) is 0 Å². The molecule has 2 heteroatoms. The SMILES string of the molecule is C#CCCOCOCCCCCCCCC. The molecule has 0 aromatic heterocycles. The van der Waals surface area contributed by atoms with Crippen molar-refractivity contribution in [2.24, 2.45) is 0 Å². The number of hydrogen-bond acceptors (Lipinski definition) is 2. The van der Waals surface area contributed by atoms with Gasteiger partial charge in [-0.15, -0.1) is 12.3 Å². The normalized spacial score (nSPS) is 10.2. The lowest BCUT2D eigenvalue weighted by Gasteiger charge is -2.04. The van der Waals surface area contributed by atoms with E-state index in [4.69, 9.17) is 15.9 Å². The number of terminal acetylenes is 1. The summed E-state index contributed by atoms with van der Waals surface area (Å²) in [7, 11) is 0. The van der Waals surface area contributed by atoms with Gasteiger partial charge in [0.25, 0.3) is 0 Å². The van der Waals surface area contributed by atoms with Crippen LogP contribution in [0.4, 0.5) is 0 Å². The van der Waals surface area contributed by atoms with Gasteiger partial charge in [0.15, 0.2) is 0 Å². The van der Waals surface area contributed by atoms with E-state index in [1.807, 2.05) is 0 Å². The van der Waals surface area contributed by atoms with E-state index in [1.165, 1.54) is 38.5 Å². The topological polar surface area (TPSA) is 18.5 Å². The molecule has 0 atom stereocenters. The Morgan fingerprint density at radius 2 is 1.50 bits per heavy atom. The lowest BCUT2D eigenvalue weighted by molar-refractivity contribution is -0.0527. The average molecular weight is 226 g/mol. The molecule has 0 aromatic rings. The van der Waals surface area contributed by atoms with Crippen LogP contribution in [0.2, 0.25) is 0 Å². The quantitative estimate of drug-likeness (QED) is 0.287. The smallest absolute Gasteiger partial charge is 0.146 e. The molecule has 0 saturated carbocycles. The zero-order chi connectivity index (χ0) is 11.9. The fraction of sp³-hybridized carbons (Fsp3) is 0.857. The summed E-state index contributed by atoms with van der Waals surface area (Å²) >= 11 is 0. The molecule has 16 heavy (non-hydrogen) atoms. The molecule has 0 aliphatic carbocycles. The number of hydrogen-bond donors (Lipinski definition) is 0. The molecule has 0 aliphatic heterocycles. The molecule has 0 bridgehead atoms. The summed E-state index contributed by atoms with van der Waals surface area (Å²) in [6, 6.07) is 0. The molecule has 0 saturated heterocycles. The highest BCUT2D eigenvalue weighted by Gasteiger charge is 1.91. The van der Waals surface area contributed by atoms with Crippen molar-refractivity contribution in [1.82, 2.24) is 0 Å². The summed E-state index contributed by atoms with van der Waals surface area (Å²) in [5.41, 5.74) is 0. The van der Waals surface area contributed by atoms with Crippen molar-refractivity contribution in [3.8, 4) is 12.3 Å². The summed E-state index contributed by atoms with van der Waals surface area (Å²) < 4.78 is 10.5. The van der Waals surface area contributed by atoms with Crippen LogP contribution in [-0.2, 0) is 9.47 Å². The maximum atomic E-state index is 5.32. The third-order valence-electron chi connectivity index (χ3n) is 2.45. The fourth-order valence-electron chi connectivity index (χ4n) is 1.47. The van der Waals surface area contributed by atoms with Gasteiger partial charge in [0.05, 0.1) is 6.61 Å². The Bertz CT molecular complexity index is 161. The van der Waals surface area contributed by atoms with E-state index in [0.29, 0.717) is 19.8 Å². The summed E-state index contributed by atoms with van der Waals surface area (Å²) in [5, 5.41) is 0. The van der Waals surface area contributed by atoms with Crippen LogP contribution in [-0.4, -0.2) is 20.0 Å². The van der Waals surface area contributed by atoms with Gasteiger partial charge in [-0.3, -0.25) is 0 Å². The molecule has 0 unspecified atom stereocenters. The Labute approximate surface area is 101 Å². The predicted molar refractivity (Wildman–Crippen MR) is 68.2 cm³/mol. The van der Waals surface area contributed by atoms with E-state index in [2.05, 4.69) is 12.8 Å². The van der Waals surface area contributed by atoms with Crippen LogP contribution in [0.1, 0.15) is 58.3 Å². The molecule has 0 N–H and O–H groups in total. The highest BCUT2D eigenvalue weighted by molar-refractivity contribution is 4.82. The zero-order valence-corrected chi connectivity index (χ0v) is 10.7. The Morgan fingerprint density at radius 1 is 0.875 bits per heavy atom. The van der Waals surface area contributed by atoms with Crippen molar-refractivity contribution in [2.75, 3.05) is 20.0 Å². The van der Waals surface area contributed by atoms with E-state index >= 15 is 0 Å². The molecule has 0 rings (SSSR count). The van der Waals surface area contributed by atoms with E-state index in [-0.39, 0.29) is 0 Å². The van der Waals surface area contributed by atoms with Gasteiger partial charge < -0.3 is 9.47 Å². The Hall–Kier alpha value is -0.520. The van der Waals surface area contributed by atoms with Gasteiger partial charge in [-0.1, -0.05) is 45.4 Å². The molecular formula is C14H26O2. The first-order valence-electron chi connectivity index (χ1n) is 6.50. The van der Waals surface area contributed by atoms with Crippen molar-refractivity contribution in [3.63, 3.8) is 0 Å². The molecule has 0 fully saturated rings. The Morgan fingerprint density at radius 3 is 2.19 bits per heavy atom. The highest BCUT2D eigenvalue weighted by Crippen LogP contribution is 2.06. The molecule has 0 aromatic carbocycles. The van der Waals surface area contributed by atoms with Crippen molar-refractivity contribution in [2.45, 2.75) is 58.3 Å². The minimum absolute atomic E-state index is 0.386. The van der Waals surface area contributed by atoms with Crippen molar-refractivity contribution in [1.29, 1.82) is 0 Å². The predicted octanol–water partition coefficient (Wildman–Crippen LogP) is 3.75. The highest BCUT2D eigenvalue weighted by atomic mass is 16.7. The van der Waals surface area contributed by atoms with Crippen LogP contribution in [0.25, 0.3) is 0 Å². The standard InChI is InChI=1S/C14H26O2/c1-3-5-7-8-9-10-11-13-16-14-15-12-6-4-2/h2H,3,5-14H2,1H3. The van der Waals surface area contributed by atoms with Gasteiger partial charge in [0.1, 0.15) is 6.79 Å². The molecular weight excluding hydrogens is 200 g/mol. The van der Waals surface area contributed by atoms with Crippen LogP contribution >= 0.6 is 0 Å². The van der Waals surface area contributed by atoms with Crippen molar-refractivity contribution in [3.05, 3.63) is 0 Å². The molecule has 0 amide bonds. The molecule has 0 heterocycles. The van der Waals surface area contributed by atoms with Gasteiger partial charge in [-0.2, -0.15) is 0 Å². The monoisotopic (exact) mass is 226 g/mol. The second-order valence-electron chi connectivity index (χ2n) is 4.01. The van der Waals surface area contributed by atoms with Gasteiger partial charge in [0, 0.05) is 13.0 Å². The second kappa shape index (κ2) is 14.5. The van der Waals surface area contributed by atoms with Crippen LogP contribution in [0.15, 0.2) is 0 Å². The van der Waals surface area contributed by atoms with Gasteiger partial charge in [-0.25, -0.2) is 0 Å². The van der Waals surface area contributed by atoms with E-state index in [1.54, 1.807) is 0 Å². The molecule has 0 radical (unpaired) electrons. The largest absolute Gasteiger partial charge is 0.355 e. The molecule has 2 nitrogen and oxygen atoms in total. The minimum Gasteiger partial charge on any atom is -0.355 e. The van der Waals surface area contributed by atoms with E-state index in [0.717, 1.165) is 13.0 Å². The average Bonchev–Trinajstić information content (AvgIpc) is 2.31. The lowest BCUT2D eigenvalue weighted by atomic mass is 10.1. The molecule has 0 spiro atoms. The van der Waals surface area contributed by atoms with Crippen LogP contribution in [0, 0.1) is 12.3 Å². The first kappa shape index (κ1) is 15.5. The van der Waals surface area contributed by atoms with Crippen LogP contribution < -0.4 is 0 Å². The van der Waals surface area contributed by atoms with Crippen molar-refractivity contribution >= 4 is 0 Å². The van der Waals surface area contributed by atoms with Gasteiger partial charge >= 0.3 is 0 Å². The van der Waals surface area contributed by atoms with Gasteiger partial charge in [0.2, 0.25) is 0 Å². The first-order valence-corrected chi connectivity index (χ1v) is 6.50. The summed E-state index contributed by atoms with van der Waals surface area (Å²) in [6.07, 6.45) is 14.9. The summed E-state index contributed by atoms with van der Waals surface area (Å²) in [5.74, 6) is 2.52. The molecule has 94 valence electrons. The minimum atomic E-state index is 0.386. The Kier molecular flexibility index (Phi) is 14.0. The van der Waals surface area contributed by atoms with Crippen LogP contribution in [0.5, 0.6) is 0 Å². The zero-order valence-electron chi connectivity index (χ0n) is 10.7. The number of ether oxygens (including phenoxy) is 2. The fourth-order valence-corrected chi connectivity index (χ4v) is 1.47. The maximum absolute atomic E-state index is 5.32. The number of unbranched alkanes of at least 4 members (excludes halogenated alkanes) is 6. The summed E-state index contributed by atoms with van der Waals surface area (Å²) in [4.78, 5) is 0. The van der Waals surface area contributed by atoms with Gasteiger partial charge in [-0.05, 0) is 6.42 Å². The third-order valence-corrected chi connectivity index (χ3v) is 2.45. The maximum Gasteiger partial charge on any atom is 0.146 e. The molecule has 0 aliphatic rings. The Balaban J connectivity index is 2.86. The third kappa shape index (κ3) is 13.5. The summed E-state index contributed by atoms with van der Waals surface area (Å²) in [6.45, 7) is 4.04. The van der Waals surface area contributed by atoms with E-state index < -0.39 is 0 Å². The van der Waals surface area contributed by atoms with Crippen LogP contribution in [0.3, 0.4) is 0 Å². The lowest BCUT2D eigenvalue weighted by Crippen LogP contribution is -2.02. The van der Waals surface area contributed by atoms with Crippen molar-refractivity contribution < 1.29 is 9.47 Å². The first-order chi connectivity index (χ1) is 7.91. The number of rotatable bonds is 12.